The van der Waals surface area contributed by atoms with Crippen molar-refractivity contribution in [3.63, 3.8) is 0 Å². The molecule has 0 aliphatic carbocycles. The van der Waals surface area contributed by atoms with Gasteiger partial charge in [-0.25, -0.2) is 0 Å². The number of amides is 1. The lowest BCUT2D eigenvalue weighted by Crippen LogP contribution is -2.44. The first-order chi connectivity index (χ1) is 16.2. The summed E-state index contributed by atoms with van der Waals surface area (Å²) in [6.07, 6.45) is -3.36. The molecule has 2 aromatic carbocycles. The molecule has 2 heterocycles. The molecular formula is C25H29ClF3N3O2. The van der Waals surface area contributed by atoms with E-state index in [1.807, 2.05) is 12.1 Å². The van der Waals surface area contributed by atoms with Gasteiger partial charge in [-0.3, -0.25) is 4.79 Å². The molecule has 0 aromatic heterocycles. The molecule has 0 N–H and O–H groups in total. The van der Waals surface area contributed by atoms with Gasteiger partial charge in [0, 0.05) is 45.4 Å². The Morgan fingerprint density at radius 3 is 2.38 bits per heavy atom. The fourth-order valence-electron chi connectivity index (χ4n) is 4.68. The summed E-state index contributed by atoms with van der Waals surface area (Å²) in [5.41, 5.74) is 2.07. The van der Waals surface area contributed by atoms with Gasteiger partial charge in [0.2, 0.25) is 0 Å². The molecule has 9 heteroatoms. The Morgan fingerprint density at radius 2 is 1.76 bits per heavy atom. The molecule has 184 valence electrons. The highest BCUT2D eigenvalue weighted by Gasteiger charge is 2.36. The average molecular weight is 496 g/mol. The number of methoxy groups -OCH3 is 1. The summed E-state index contributed by atoms with van der Waals surface area (Å²) in [4.78, 5) is 19.5. The van der Waals surface area contributed by atoms with Crippen LogP contribution >= 0.6 is 11.6 Å². The van der Waals surface area contributed by atoms with Crippen LogP contribution in [0.5, 0.6) is 0 Å². The quantitative estimate of drug-likeness (QED) is 0.551. The van der Waals surface area contributed by atoms with Gasteiger partial charge < -0.3 is 19.4 Å². The van der Waals surface area contributed by atoms with Crippen molar-refractivity contribution in [1.29, 1.82) is 0 Å². The van der Waals surface area contributed by atoms with E-state index in [0.717, 1.165) is 68.8 Å². The monoisotopic (exact) mass is 495 g/mol. The number of carbonyl (C=O) groups excluding carboxylic acids is 1. The van der Waals surface area contributed by atoms with Crippen molar-refractivity contribution in [2.75, 3.05) is 46.9 Å². The Hall–Kier alpha value is -2.13. The minimum Gasteiger partial charge on any atom is -0.357 e. The van der Waals surface area contributed by atoms with Crippen LogP contribution < -0.4 is 0 Å². The normalized spacial score (nSPS) is 18.4. The smallest absolute Gasteiger partial charge is 0.357 e. The number of ether oxygens (including phenoxy) is 1. The molecule has 0 bridgehead atoms. The summed E-state index contributed by atoms with van der Waals surface area (Å²) in [5.74, 6) is -0.282. The largest absolute Gasteiger partial charge is 0.416 e. The van der Waals surface area contributed by atoms with Gasteiger partial charge in [0.25, 0.3) is 5.91 Å². The maximum Gasteiger partial charge on any atom is 0.416 e. The predicted molar refractivity (Wildman–Crippen MR) is 125 cm³/mol. The van der Waals surface area contributed by atoms with Crippen LogP contribution in [-0.4, -0.2) is 67.5 Å². The SMILES string of the molecule is COC(c1ccc(C(F)(F)F)cc1)N1Cc2cc(CCCN3CCN(C)CC3)cc(Cl)c2C1=O. The zero-order valence-electron chi connectivity index (χ0n) is 19.4. The molecule has 34 heavy (non-hydrogen) atoms. The van der Waals surface area contributed by atoms with Crippen molar-refractivity contribution in [2.45, 2.75) is 31.8 Å². The minimum atomic E-state index is -4.42. The summed E-state index contributed by atoms with van der Waals surface area (Å²) in [6, 6.07) is 8.56. The third-order valence-corrected chi connectivity index (χ3v) is 6.91. The molecule has 1 saturated heterocycles. The Kier molecular flexibility index (Phi) is 7.52. The molecule has 2 aliphatic heterocycles. The lowest BCUT2D eigenvalue weighted by atomic mass is 10.0. The second-order valence-corrected chi connectivity index (χ2v) is 9.41. The maximum atomic E-state index is 13.1. The molecule has 1 fully saturated rings. The van der Waals surface area contributed by atoms with Crippen LogP contribution in [0.15, 0.2) is 36.4 Å². The third kappa shape index (κ3) is 5.40. The molecule has 0 spiro atoms. The van der Waals surface area contributed by atoms with E-state index < -0.39 is 18.0 Å². The Bertz CT molecular complexity index is 1020. The number of halogens is 4. The van der Waals surface area contributed by atoms with Crippen LogP contribution in [0.1, 0.15) is 45.3 Å². The minimum absolute atomic E-state index is 0.282. The Morgan fingerprint density at radius 1 is 1.09 bits per heavy atom. The Balaban J connectivity index is 1.44. The molecule has 2 aromatic rings. The zero-order chi connectivity index (χ0) is 24.5. The molecule has 1 amide bonds. The average Bonchev–Trinajstić information content (AvgIpc) is 3.12. The van der Waals surface area contributed by atoms with Gasteiger partial charge in [-0.2, -0.15) is 13.2 Å². The first-order valence-corrected chi connectivity index (χ1v) is 11.8. The highest BCUT2D eigenvalue weighted by Crippen LogP contribution is 2.37. The van der Waals surface area contributed by atoms with Crippen molar-refractivity contribution >= 4 is 17.5 Å². The van der Waals surface area contributed by atoms with Gasteiger partial charge in [0.15, 0.2) is 6.23 Å². The number of alkyl halides is 3. The summed E-state index contributed by atoms with van der Waals surface area (Å²) in [7, 11) is 3.57. The molecular weight excluding hydrogens is 467 g/mol. The number of piperazine rings is 1. The summed E-state index contributed by atoms with van der Waals surface area (Å²) in [6.45, 7) is 5.64. The van der Waals surface area contributed by atoms with Crippen molar-refractivity contribution in [3.8, 4) is 0 Å². The van der Waals surface area contributed by atoms with E-state index in [1.165, 1.54) is 24.1 Å². The van der Waals surface area contributed by atoms with E-state index in [0.29, 0.717) is 22.7 Å². The van der Waals surface area contributed by atoms with Crippen LogP contribution in [0.3, 0.4) is 0 Å². The number of likely N-dealkylation sites (N-methyl/N-ethyl adjacent to an activating group) is 1. The summed E-state index contributed by atoms with van der Waals surface area (Å²) < 4.78 is 44.3. The standard InChI is InChI=1S/C25H29ClF3N3O2/c1-30-10-12-31(13-11-30)9-3-4-17-14-19-16-32(23(33)22(19)21(26)15-17)24(34-2)18-5-7-20(8-6-18)25(27,28)29/h5-8,14-15,24H,3-4,9-13,16H2,1-2H3. The van der Waals surface area contributed by atoms with E-state index in [1.54, 1.807) is 0 Å². The first-order valence-electron chi connectivity index (χ1n) is 11.4. The molecule has 5 nitrogen and oxygen atoms in total. The van der Waals surface area contributed by atoms with E-state index in [4.69, 9.17) is 16.3 Å². The van der Waals surface area contributed by atoms with Crippen molar-refractivity contribution in [1.82, 2.24) is 14.7 Å². The van der Waals surface area contributed by atoms with Gasteiger partial charge in [-0.15, -0.1) is 0 Å². The number of fused-ring (bicyclic) bond motifs is 1. The number of nitrogens with zero attached hydrogens (tertiary/aromatic N) is 3. The summed E-state index contributed by atoms with van der Waals surface area (Å²) in [5, 5.41) is 0.405. The molecule has 0 radical (unpaired) electrons. The lowest BCUT2D eigenvalue weighted by Gasteiger charge is -2.32. The molecule has 4 rings (SSSR count). The first kappa shape index (κ1) is 25.0. The fourth-order valence-corrected chi connectivity index (χ4v) is 5.02. The predicted octanol–water partition coefficient (Wildman–Crippen LogP) is 4.84. The number of rotatable bonds is 7. The van der Waals surface area contributed by atoms with Gasteiger partial charge in [-0.1, -0.05) is 29.8 Å². The second-order valence-electron chi connectivity index (χ2n) is 9.00. The highest BCUT2D eigenvalue weighted by molar-refractivity contribution is 6.34. The highest BCUT2D eigenvalue weighted by atomic mass is 35.5. The van der Waals surface area contributed by atoms with Gasteiger partial charge in [0.1, 0.15) is 0 Å². The van der Waals surface area contributed by atoms with Crippen LogP contribution in [-0.2, 0) is 23.9 Å². The van der Waals surface area contributed by atoms with Crippen LogP contribution in [0.2, 0.25) is 5.02 Å². The van der Waals surface area contributed by atoms with Gasteiger partial charge in [-0.05, 0) is 55.8 Å². The van der Waals surface area contributed by atoms with Crippen molar-refractivity contribution in [3.05, 3.63) is 69.2 Å². The van der Waals surface area contributed by atoms with E-state index in [9.17, 15) is 18.0 Å². The van der Waals surface area contributed by atoms with Gasteiger partial charge >= 0.3 is 6.18 Å². The fraction of sp³-hybridized carbons (Fsp3) is 0.480. The van der Waals surface area contributed by atoms with Crippen molar-refractivity contribution in [2.24, 2.45) is 0 Å². The molecule has 0 saturated carbocycles. The molecule has 2 aliphatic rings. The number of hydrogen-bond donors (Lipinski definition) is 0. The zero-order valence-corrected chi connectivity index (χ0v) is 20.1. The molecule has 1 atom stereocenters. The lowest BCUT2D eigenvalue weighted by molar-refractivity contribution is -0.137. The number of benzene rings is 2. The van der Waals surface area contributed by atoms with Gasteiger partial charge in [0.05, 0.1) is 16.1 Å². The summed E-state index contributed by atoms with van der Waals surface area (Å²) >= 11 is 6.51. The maximum absolute atomic E-state index is 13.1. The van der Waals surface area contributed by atoms with Crippen molar-refractivity contribution < 1.29 is 22.7 Å². The van der Waals surface area contributed by atoms with Crippen LogP contribution in [0.25, 0.3) is 0 Å². The van der Waals surface area contributed by atoms with E-state index in [-0.39, 0.29) is 5.91 Å². The van der Waals surface area contributed by atoms with E-state index in [2.05, 4.69) is 16.8 Å². The van der Waals surface area contributed by atoms with Crippen LogP contribution in [0.4, 0.5) is 13.2 Å². The number of hydrogen-bond acceptors (Lipinski definition) is 4. The number of aryl methyl sites for hydroxylation is 1. The Labute approximate surface area is 203 Å². The van der Waals surface area contributed by atoms with Crippen LogP contribution in [0, 0.1) is 0 Å². The number of carbonyl (C=O) groups is 1. The molecule has 1 unspecified atom stereocenters. The topological polar surface area (TPSA) is 36.0 Å². The third-order valence-electron chi connectivity index (χ3n) is 6.61. The second kappa shape index (κ2) is 10.2. The van der Waals surface area contributed by atoms with E-state index >= 15 is 0 Å².